The summed E-state index contributed by atoms with van der Waals surface area (Å²) in [6.07, 6.45) is 29.1. The zero-order valence-electron chi connectivity index (χ0n) is 26.5. The molecular weight excluding hydrogens is 574 g/mol. The molecule has 0 aliphatic rings. The van der Waals surface area contributed by atoms with Gasteiger partial charge in [-0.1, -0.05) is 155 Å². The van der Waals surface area contributed by atoms with Gasteiger partial charge < -0.3 is 9.11 Å². The molecule has 0 aromatic heterocycles. The number of rotatable bonds is 28. The van der Waals surface area contributed by atoms with Crippen molar-refractivity contribution >= 4 is 20.8 Å². The van der Waals surface area contributed by atoms with Crippen LogP contribution in [0, 0.1) is 0 Å². The molecule has 0 aliphatic heterocycles. The third-order valence-corrected chi connectivity index (χ3v) is 7.36. The quantitative estimate of drug-likeness (QED) is 0.0556. The van der Waals surface area contributed by atoms with Crippen molar-refractivity contribution in [2.45, 2.75) is 168 Å². The van der Waals surface area contributed by atoms with Crippen molar-refractivity contribution in [2.24, 2.45) is 0 Å². The van der Waals surface area contributed by atoms with E-state index in [1.165, 1.54) is 116 Å². The first-order valence-corrected chi connectivity index (χ1v) is 18.0. The molecule has 0 aromatic carbocycles. The molecule has 12 heteroatoms. The summed E-state index contributed by atoms with van der Waals surface area (Å²) in [4.78, 5) is 0. The van der Waals surface area contributed by atoms with E-state index in [1.54, 1.807) is 0 Å². The van der Waals surface area contributed by atoms with Crippen molar-refractivity contribution in [1.82, 2.24) is 0 Å². The van der Waals surface area contributed by atoms with E-state index < -0.39 is 20.8 Å². The van der Waals surface area contributed by atoms with E-state index in [0.29, 0.717) is 12.8 Å². The molecule has 0 unspecified atom stereocenters. The topological polar surface area (TPSA) is 133 Å². The average Bonchev–Trinajstić information content (AvgIpc) is 2.84. The maximum atomic E-state index is 10.2. The molecular formula is C28H58Na2O8S2. The van der Waals surface area contributed by atoms with E-state index >= 15 is 0 Å². The van der Waals surface area contributed by atoms with Gasteiger partial charge in [-0.15, -0.1) is 0 Å². The Labute approximate surface area is 292 Å². The summed E-state index contributed by atoms with van der Waals surface area (Å²) in [5.74, 6) is 0. The number of hydrogen-bond donors (Lipinski definition) is 0. The molecule has 0 fully saturated rings. The molecule has 0 saturated carbocycles. The van der Waals surface area contributed by atoms with E-state index in [0.717, 1.165) is 25.7 Å². The van der Waals surface area contributed by atoms with Gasteiger partial charge >= 0.3 is 59.1 Å². The Morgan fingerprint density at radius 1 is 0.375 bits per heavy atom. The number of hydrogen-bond acceptors (Lipinski definition) is 8. The molecule has 0 atom stereocenters. The molecule has 0 rings (SSSR count). The Balaban J connectivity index is -0.000000309. The normalized spacial score (nSPS) is 11.3. The summed E-state index contributed by atoms with van der Waals surface area (Å²) in [6, 6.07) is 0. The first-order chi connectivity index (χ1) is 18.1. The van der Waals surface area contributed by atoms with Gasteiger partial charge in [-0.2, -0.15) is 0 Å². The summed E-state index contributed by atoms with van der Waals surface area (Å²) in [5.41, 5.74) is 0. The zero-order chi connectivity index (χ0) is 28.8. The van der Waals surface area contributed by atoms with Gasteiger partial charge in [0.05, 0.1) is 13.2 Å². The maximum absolute atomic E-state index is 10.2. The van der Waals surface area contributed by atoms with Crippen molar-refractivity contribution in [3.8, 4) is 0 Å². The van der Waals surface area contributed by atoms with E-state index in [-0.39, 0.29) is 72.3 Å². The van der Waals surface area contributed by atoms with Crippen LogP contribution >= 0.6 is 0 Å². The van der Waals surface area contributed by atoms with Crippen LogP contribution in [-0.4, -0.2) is 39.2 Å². The van der Waals surface area contributed by atoms with Gasteiger partial charge in [-0.3, -0.25) is 8.37 Å². The van der Waals surface area contributed by atoms with Gasteiger partial charge in [0.2, 0.25) is 20.8 Å². The zero-order valence-corrected chi connectivity index (χ0v) is 32.1. The minimum atomic E-state index is -4.49. The Hall–Kier alpha value is 1.74. The van der Waals surface area contributed by atoms with E-state index in [9.17, 15) is 25.9 Å². The molecule has 0 aliphatic carbocycles. The minimum Gasteiger partial charge on any atom is -0.726 e. The smallest absolute Gasteiger partial charge is 0.726 e. The fourth-order valence-corrected chi connectivity index (χ4v) is 4.85. The molecule has 0 bridgehead atoms. The Morgan fingerprint density at radius 2 is 0.550 bits per heavy atom. The van der Waals surface area contributed by atoms with Crippen LogP contribution in [0.1, 0.15) is 168 Å². The maximum Gasteiger partial charge on any atom is 1.00 e. The van der Waals surface area contributed by atoms with Crippen LogP contribution < -0.4 is 59.1 Å². The summed E-state index contributed by atoms with van der Waals surface area (Å²) in [5, 5.41) is 0. The molecule has 0 spiro atoms. The second kappa shape index (κ2) is 36.9. The van der Waals surface area contributed by atoms with Crippen LogP contribution in [0.3, 0.4) is 0 Å². The van der Waals surface area contributed by atoms with E-state index in [1.807, 2.05) is 0 Å². The van der Waals surface area contributed by atoms with Crippen molar-refractivity contribution in [2.75, 3.05) is 13.2 Å². The van der Waals surface area contributed by atoms with Gasteiger partial charge in [-0.25, -0.2) is 16.8 Å². The van der Waals surface area contributed by atoms with Gasteiger partial charge in [0, 0.05) is 0 Å². The van der Waals surface area contributed by atoms with Crippen molar-refractivity contribution in [1.29, 1.82) is 0 Å². The largest absolute Gasteiger partial charge is 1.00 e. The third kappa shape index (κ3) is 52.4. The van der Waals surface area contributed by atoms with Gasteiger partial charge in [0.1, 0.15) is 0 Å². The molecule has 0 N–H and O–H groups in total. The molecule has 232 valence electrons. The van der Waals surface area contributed by atoms with Crippen molar-refractivity contribution < 1.29 is 93.4 Å². The summed E-state index contributed by atoms with van der Waals surface area (Å²) in [7, 11) is -8.98. The van der Waals surface area contributed by atoms with Gasteiger partial charge in [0.15, 0.2) is 0 Å². The molecule has 0 radical (unpaired) electrons. The number of unbranched alkanes of at least 4 members (excludes halogenated alkanes) is 22. The van der Waals surface area contributed by atoms with Crippen LogP contribution in [0.2, 0.25) is 0 Å². The minimum absolute atomic E-state index is 0. The Bertz CT molecular complexity index is 620. The van der Waals surface area contributed by atoms with Crippen molar-refractivity contribution in [3.05, 3.63) is 0 Å². The fourth-order valence-electron chi connectivity index (χ4n) is 4.21. The molecule has 8 nitrogen and oxygen atoms in total. The predicted octanol–water partition coefficient (Wildman–Crippen LogP) is 2.34. The first-order valence-electron chi connectivity index (χ1n) is 15.3. The molecule has 40 heavy (non-hydrogen) atoms. The van der Waals surface area contributed by atoms with Crippen molar-refractivity contribution in [3.63, 3.8) is 0 Å². The average molecular weight is 633 g/mol. The van der Waals surface area contributed by atoms with Gasteiger partial charge in [-0.05, 0) is 12.8 Å². The first kappa shape index (κ1) is 48.6. The van der Waals surface area contributed by atoms with Crippen LogP contribution in [0.5, 0.6) is 0 Å². The predicted molar refractivity (Wildman–Crippen MR) is 153 cm³/mol. The molecule has 0 aromatic rings. The van der Waals surface area contributed by atoms with Crippen LogP contribution in [0.4, 0.5) is 0 Å². The van der Waals surface area contributed by atoms with Crippen LogP contribution in [0.15, 0.2) is 0 Å². The monoisotopic (exact) mass is 632 g/mol. The SMILES string of the molecule is CCCCCCCCCCCCCCOS(=O)(=O)[O-].CCCCCCCCCCCCCCOS(=O)(=O)[O-].[Na+].[Na+]. The standard InChI is InChI=1S/2C14H30O4S.2Na/c2*1-2-3-4-5-6-7-8-9-10-11-12-13-14-18-19(15,16)17;;/h2*2-14H2,1H3,(H,15,16,17);;/q;;2*+1/p-2. The summed E-state index contributed by atoms with van der Waals surface area (Å²) < 4.78 is 69.2. The Morgan fingerprint density at radius 3 is 0.725 bits per heavy atom. The van der Waals surface area contributed by atoms with E-state index in [4.69, 9.17) is 0 Å². The fraction of sp³-hybridized carbons (Fsp3) is 1.00. The van der Waals surface area contributed by atoms with Crippen LogP contribution in [0.25, 0.3) is 0 Å². The second-order valence-electron chi connectivity index (χ2n) is 10.2. The van der Waals surface area contributed by atoms with E-state index in [2.05, 4.69) is 22.2 Å². The molecule has 0 heterocycles. The summed E-state index contributed by atoms with van der Waals surface area (Å²) in [6.45, 7) is 4.53. The van der Waals surface area contributed by atoms with Gasteiger partial charge in [0.25, 0.3) is 0 Å². The van der Waals surface area contributed by atoms with Crippen LogP contribution in [-0.2, 0) is 29.2 Å². The molecule has 0 amide bonds. The molecule has 0 saturated heterocycles. The third-order valence-electron chi connectivity index (χ3n) is 6.45. The second-order valence-corrected chi connectivity index (χ2v) is 12.3. The Kier molecular flexibility index (Phi) is 44.9. The summed E-state index contributed by atoms with van der Waals surface area (Å²) >= 11 is 0.